The molecule has 1 N–H and O–H groups in total. The maximum Gasteiger partial charge on any atom is 0.289 e. The van der Waals surface area contributed by atoms with Crippen molar-refractivity contribution in [3.63, 3.8) is 0 Å². The van der Waals surface area contributed by atoms with Crippen LogP contribution in [0.15, 0.2) is 65.4 Å². The van der Waals surface area contributed by atoms with Gasteiger partial charge < -0.3 is 19.4 Å². The summed E-state index contributed by atoms with van der Waals surface area (Å²) in [6.45, 7) is 1.14. The third-order valence-electron chi connectivity index (χ3n) is 5.12. The van der Waals surface area contributed by atoms with Crippen LogP contribution in [0.25, 0.3) is 0 Å². The first-order valence-corrected chi connectivity index (χ1v) is 10.1. The number of nitrogens with one attached hydrogen (secondary N) is 1. The standard InChI is InChI=1S/C23H22FN3O4/c24-18-7-1-8-19(13-18)31-22-16(5-2-10-25-22)14-26-21(28)17-6-3-11-27(15-17)23(29)20-9-4-12-30-20/h1-2,4-5,7-10,12-13,17H,3,6,11,14-15H2,(H,26,28). The van der Waals surface area contributed by atoms with Crippen molar-refractivity contribution < 1.29 is 23.1 Å². The van der Waals surface area contributed by atoms with E-state index >= 15 is 0 Å². The van der Waals surface area contributed by atoms with Gasteiger partial charge in [0.15, 0.2) is 5.76 Å². The lowest BCUT2D eigenvalue weighted by Crippen LogP contribution is -2.45. The molecule has 2 aromatic heterocycles. The molecule has 1 atom stereocenters. The molecular weight excluding hydrogens is 401 g/mol. The predicted octanol–water partition coefficient (Wildman–Crippen LogP) is 3.77. The lowest BCUT2D eigenvalue weighted by atomic mass is 9.97. The number of pyridine rings is 1. The molecule has 1 aromatic carbocycles. The molecule has 31 heavy (non-hydrogen) atoms. The second-order valence-electron chi connectivity index (χ2n) is 7.31. The minimum atomic E-state index is -0.408. The zero-order valence-electron chi connectivity index (χ0n) is 16.8. The number of piperidine rings is 1. The van der Waals surface area contributed by atoms with Crippen LogP contribution in [0.1, 0.15) is 29.0 Å². The van der Waals surface area contributed by atoms with E-state index in [2.05, 4.69) is 10.3 Å². The largest absolute Gasteiger partial charge is 0.459 e. The van der Waals surface area contributed by atoms with Crippen molar-refractivity contribution >= 4 is 11.8 Å². The van der Waals surface area contributed by atoms with Crippen LogP contribution in [0.4, 0.5) is 4.39 Å². The fourth-order valence-corrected chi connectivity index (χ4v) is 3.55. The minimum absolute atomic E-state index is 0.141. The molecule has 1 aliphatic heterocycles. The van der Waals surface area contributed by atoms with Gasteiger partial charge in [0, 0.05) is 37.5 Å². The summed E-state index contributed by atoms with van der Waals surface area (Å²) in [4.78, 5) is 31.1. The lowest BCUT2D eigenvalue weighted by Gasteiger charge is -2.31. The van der Waals surface area contributed by atoms with Crippen molar-refractivity contribution in [3.8, 4) is 11.6 Å². The van der Waals surface area contributed by atoms with Gasteiger partial charge in [-0.05, 0) is 43.2 Å². The van der Waals surface area contributed by atoms with Crippen LogP contribution >= 0.6 is 0 Å². The summed E-state index contributed by atoms with van der Waals surface area (Å²) >= 11 is 0. The van der Waals surface area contributed by atoms with E-state index in [-0.39, 0.29) is 30.0 Å². The molecular formula is C23H22FN3O4. The summed E-state index contributed by atoms with van der Waals surface area (Å²) in [5, 5.41) is 2.91. The molecule has 0 bridgehead atoms. The van der Waals surface area contributed by atoms with Gasteiger partial charge in [-0.3, -0.25) is 9.59 Å². The Bertz CT molecular complexity index is 1050. The van der Waals surface area contributed by atoms with E-state index in [1.54, 1.807) is 47.5 Å². The van der Waals surface area contributed by atoms with Gasteiger partial charge in [0.25, 0.3) is 5.91 Å². The number of hydrogen-bond donors (Lipinski definition) is 1. The highest BCUT2D eigenvalue weighted by Crippen LogP contribution is 2.24. The Kier molecular flexibility index (Phi) is 6.26. The molecule has 2 amide bonds. The van der Waals surface area contributed by atoms with Gasteiger partial charge in [-0.15, -0.1) is 0 Å². The molecule has 1 saturated heterocycles. The molecule has 1 fully saturated rings. The minimum Gasteiger partial charge on any atom is -0.459 e. The summed E-state index contributed by atoms with van der Waals surface area (Å²) < 4.78 is 24.3. The van der Waals surface area contributed by atoms with Gasteiger partial charge >= 0.3 is 0 Å². The first kappa shape index (κ1) is 20.6. The number of carbonyl (C=O) groups excluding carboxylic acids is 2. The van der Waals surface area contributed by atoms with Crippen LogP contribution in [0.2, 0.25) is 0 Å². The number of carbonyl (C=O) groups is 2. The number of furan rings is 1. The van der Waals surface area contributed by atoms with Crippen molar-refractivity contribution in [2.75, 3.05) is 13.1 Å². The maximum atomic E-state index is 13.4. The zero-order chi connectivity index (χ0) is 21.6. The highest BCUT2D eigenvalue weighted by atomic mass is 19.1. The number of amides is 2. The SMILES string of the molecule is O=C(NCc1cccnc1Oc1cccc(F)c1)C1CCCN(C(=O)c2ccco2)C1. The van der Waals surface area contributed by atoms with Crippen molar-refractivity contribution in [2.24, 2.45) is 5.92 Å². The highest BCUT2D eigenvalue weighted by molar-refractivity contribution is 5.92. The van der Waals surface area contributed by atoms with Gasteiger partial charge in [0.05, 0.1) is 12.2 Å². The average Bonchev–Trinajstić information content (AvgIpc) is 3.33. The third kappa shape index (κ3) is 5.09. The molecule has 0 saturated carbocycles. The molecule has 3 heterocycles. The average molecular weight is 423 g/mol. The second-order valence-corrected chi connectivity index (χ2v) is 7.31. The Morgan fingerprint density at radius 2 is 2.13 bits per heavy atom. The van der Waals surface area contributed by atoms with E-state index in [0.29, 0.717) is 36.7 Å². The van der Waals surface area contributed by atoms with E-state index in [1.807, 2.05) is 0 Å². The van der Waals surface area contributed by atoms with Crippen LogP contribution in [0.3, 0.4) is 0 Å². The summed E-state index contributed by atoms with van der Waals surface area (Å²) in [5.74, 6) is -0.169. The van der Waals surface area contributed by atoms with Crippen molar-refractivity contribution in [1.29, 1.82) is 0 Å². The Hall–Kier alpha value is -3.68. The second kappa shape index (κ2) is 9.42. The molecule has 4 rings (SSSR count). The number of rotatable bonds is 6. The number of nitrogens with zero attached hydrogens (tertiary/aromatic N) is 2. The predicted molar refractivity (Wildman–Crippen MR) is 110 cm³/mol. The number of ether oxygens (including phenoxy) is 1. The zero-order valence-corrected chi connectivity index (χ0v) is 16.8. The monoisotopic (exact) mass is 423 g/mol. The van der Waals surface area contributed by atoms with Crippen molar-refractivity contribution in [3.05, 3.63) is 78.1 Å². The first-order valence-electron chi connectivity index (χ1n) is 10.1. The number of likely N-dealkylation sites (tertiary alicyclic amines) is 1. The lowest BCUT2D eigenvalue weighted by molar-refractivity contribution is -0.126. The van der Waals surface area contributed by atoms with E-state index in [0.717, 1.165) is 6.42 Å². The quantitative estimate of drug-likeness (QED) is 0.652. The Labute approximate surface area is 178 Å². The fraction of sp³-hybridized carbons (Fsp3) is 0.261. The van der Waals surface area contributed by atoms with Gasteiger partial charge in [0.1, 0.15) is 11.6 Å². The number of aromatic nitrogens is 1. The molecule has 8 heteroatoms. The number of halogens is 1. The normalized spacial score (nSPS) is 16.0. The summed E-state index contributed by atoms with van der Waals surface area (Å²) in [5.41, 5.74) is 0.666. The summed E-state index contributed by atoms with van der Waals surface area (Å²) in [6.07, 6.45) is 4.47. The molecule has 0 aliphatic carbocycles. The smallest absolute Gasteiger partial charge is 0.289 e. The fourth-order valence-electron chi connectivity index (χ4n) is 3.55. The highest BCUT2D eigenvalue weighted by Gasteiger charge is 2.29. The van der Waals surface area contributed by atoms with Crippen LogP contribution in [0, 0.1) is 11.7 Å². The van der Waals surface area contributed by atoms with Crippen LogP contribution in [-0.4, -0.2) is 34.8 Å². The van der Waals surface area contributed by atoms with Gasteiger partial charge in [-0.1, -0.05) is 12.1 Å². The third-order valence-corrected chi connectivity index (χ3v) is 5.12. The van der Waals surface area contributed by atoms with Gasteiger partial charge in [0.2, 0.25) is 11.8 Å². The van der Waals surface area contributed by atoms with E-state index in [9.17, 15) is 14.0 Å². The van der Waals surface area contributed by atoms with Crippen LogP contribution in [0.5, 0.6) is 11.6 Å². The molecule has 160 valence electrons. The van der Waals surface area contributed by atoms with E-state index in [1.165, 1.54) is 18.4 Å². The molecule has 3 aromatic rings. The number of hydrogen-bond acceptors (Lipinski definition) is 5. The van der Waals surface area contributed by atoms with Crippen molar-refractivity contribution in [1.82, 2.24) is 15.2 Å². The number of benzene rings is 1. The first-order chi connectivity index (χ1) is 15.1. The van der Waals surface area contributed by atoms with Crippen molar-refractivity contribution in [2.45, 2.75) is 19.4 Å². The summed E-state index contributed by atoms with van der Waals surface area (Å²) in [7, 11) is 0. The van der Waals surface area contributed by atoms with Gasteiger partial charge in [-0.2, -0.15) is 0 Å². The molecule has 0 spiro atoms. The van der Waals surface area contributed by atoms with Gasteiger partial charge in [-0.25, -0.2) is 9.37 Å². The molecule has 0 radical (unpaired) electrons. The van der Waals surface area contributed by atoms with Crippen LogP contribution in [-0.2, 0) is 11.3 Å². The van der Waals surface area contributed by atoms with E-state index < -0.39 is 5.82 Å². The van der Waals surface area contributed by atoms with Crippen LogP contribution < -0.4 is 10.1 Å². The molecule has 1 aliphatic rings. The molecule has 1 unspecified atom stereocenters. The Morgan fingerprint density at radius 3 is 2.94 bits per heavy atom. The van der Waals surface area contributed by atoms with E-state index in [4.69, 9.17) is 9.15 Å². The Morgan fingerprint density at radius 1 is 1.23 bits per heavy atom. The molecule has 7 nitrogen and oxygen atoms in total. The topological polar surface area (TPSA) is 84.7 Å². The summed E-state index contributed by atoms with van der Waals surface area (Å²) in [6, 6.07) is 12.6. The Balaban J connectivity index is 1.37. The maximum absolute atomic E-state index is 13.4.